The molecule has 156 valence electrons. The number of rotatable bonds is 4. The first-order chi connectivity index (χ1) is 14.5. The number of amides is 1. The molecule has 5 rings (SSSR count). The molecule has 3 heterocycles. The van der Waals surface area contributed by atoms with Crippen molar-refractivity contribution in [1.82, 2.24) is 24.6 Å². The van der Waals surface area contributed by atoms with E-state index in [4.69, 9.17) is 4.98 Å². The van der Waals surface area contributed by atoms with Crippen molar-refractivity contribution in [2.24, 2.45) is 0 Å². The van der Waals surface area contributed by atoms with Crippen molar-refractivity contribution < 1.29 is 9.18 Å². The second-order valence-corrected chi connectivity index (χ2v) is 9.54. The largest absolute Gasteiger partial charge is 0.330 e. The number of nitrogens with zero attached hydrogens (tertiary/aromatic N) is 5. The number of fused-ring (bicyclic) bond motifs is 1. The van der Waals surface area contributed by atoms with E-state index in [2.05, 4.69) is 10.1 Å². The van der Waals surface area contributed by atoms with Gasteiger partial charge in [0.05, 0.1) is 23.8 Å². The quantitative estimate of drug-likeness (QED) is 0.623. The van der Waals surface area contributed by atoms with Gasteiger partial charge in [-0.25, -0.2) is 19.0 Å². The molecule has 1 saturated carbocycles. The standard InChI is InChI=1S/C22H24FN5OS/c1-13-9-16(7-8-17(13)23)21-25-22(15-5-3-4-6-15)28(26-21)12-20(29)27-10-18-19(11-27)30-14(2)24-18/h7-9,15H,3-6,10-12H2,1-2H3. The molecule has 0 bridgehead atoms. The summed E-state index contributed by atoms with van der Waals surface area (Å²) in [5.74, 6) is 1.55. The molecule has 2 aliphatic rings. The highest BCUT2D eigenvalue weighted by Crippen LogP contribution is 2.34. The third-order valence-corrected chi connectivity index (χ3v) is 7.03. The second kappa shape index (κ2) is 7.58. The number of hydrogen-bond acceptors (Lipinski definition) is 5. The average molecular weight is 426 g/mol. The maximum absolute atomic E-state index is 13.7. The monoisotopic (exact) mass is 425 g/mol. The van der Waals surface area contributed by atoms with E-state index in [1.807, 2.05) is 11.8 Å². The SMILES string of the molecule is Cc1nc2c(s1)CN(C(=O)Cn1nc(-c3ccc(F)c(C)c3)nc1C1CCCC1)C2. The zero-order chi connectivity index (χ0) is 20.8. The number of aryl methyl sites for hydroxylation is 2. The number of halogens is 1. The van der Waals surface area contributed by atoms with Gasteiger partial charge in [-0.05, 0) is 50.5 Å². The van der Waals surface area contributed by atoms with Crippen LogP contribution in [0, 0.1) is 19.7 Å². The highest BCUT2D eigenvalue weighted by atomic mass is 32.1. The van der Waals surface area contributed by atoms with Gasteiger partial charge >= 0.3 is 0 Å². The number of carbonyl (C=O) groups is 1. The van der Waals surface area contributed by atoms with E-state index < -0.39 is 0 Å². The highest BCUT2D eigenvalue weighted by Gasteiger charge is 2.29. The van der Waals surface area contributed by atoms with Gasteiger partial charge in [-0.2, -0.15) is 5.10 Å². The Morgan fingerprint density at radius 1 is 1.20 bits per heavy atom. The molecule has 1 aliphatic carbocycles. The molecular weight excluding hydrogens is 401 g/mol. The molecule has 1 fully saturated rings. The van der Waals surface area contributed by atoms with Crippen LogP contribution in [0.4, 0.5) is 4.39 Å². The summed E-state index contributed by atoms with van der Waals surface area (Å²) in [5, 5.41) is 5.73. The van der Waals surface area contributed by atoms with Crippen molar-refractivity contribution in [3.8, 4) is 11.4 Å². The van der Waals surface area contributed by atoms with Crippen LogP contribution in [0.25, 0.3) is 11.4 Å². The Morgan fingerprint density at radius 3 is 2.73 bits per heavy atom. The van der Waals surface area contributed by atoms with Crippen LogP contribution in [-0.2, 0) is 24.4 Å². The number of hydrogen-bond donors (Lipinski definition) is 0. The lowest BCUT2D eigenvalue weighted by Crippen LogP contribution is -2.30. The molecule has 0 spiro atoms. The molecule has 0 N–H and O–H groups in total. The molecule has 30 heavy (non-hydrogen) atoms. The fourth-order valence-electron chi connectivity index (χ4n) is 4.44. The first kappa shape index (κ1) is 19.4. The van der Waals surface area contributed by atoms with E-state index in [9.17, 15) is 9.18 Å². The van der Waals surface area contributed by atoms with Gasteiger partial charge in [0.2, 0.25) is 5.91 Å². The summed E-state index contributed by atoms with van der Waals surface area (Å²) in [6.45, 7) is 5.09. The lowest BCUT2D eigenvalue weighted by Gasteiger charge is -2.17. The molecule has 0 saturated heterocycles. The zero-order valence-electron chi connectivity index (χ0n) is 17.2. The summed E-state index contributed by atoms with van der Waals surface area (Å²) in [6.07, 6.45) is 4.49. The van der Waals surface area contributed by atoms with Crippen LogP contribution >= 0.6 is 11.3 Å². The van der Waals surface area contributed by atoms with Crippen molar-refractivity contribution in [3.05, 3.63) is 51.0 Å². The minimum Gasteiger partial charge on any atom is -0.330 e. The van der Waals surface area contributed by atoms with Gasteiger partial charge in [-0.1, -0.05) is 12.8 Å². The van der Waals surface area contributed by atoms with Gasteiger partial charge in [-0.15, -0.1) is 11.3 Å². The van der Waals surface area contributed by atoms with Crippen molar-refractivity contribution in [2.45, 2.75) is 65.1 Å². The molecule has 1 aliphatic heterocycles. The third-order valence-electron chi connectivity index (χ3n) is 6.03. The number of thiazole rings is 1. The summed E-state index contributed by atoms with van der Waals surface area (Å²) < 4.78 is 15.5. The number of aromatic nitrogens is 4. The Kier molecular flexibility index (Phi) is 4.89. The summed E-state index contributed by atoms with van der Waals surface area (Å²) >= 11 is 1.66. The van der Waals surface area contributed by atoms with Crippen LogP contribution < -0.4 is 0 Å². The first-order valence-electron chi connectivity index (χ1n) is 10.4. The van der Waals surface area contributed by atoms with Crippen LogP contribution in [0.3, 0.4) is 0 Å². The van der Waals surface area contributed by atoms with E-state index in [1.54, 1.807) is 35.1 Å². The van der Waals surface area contributed by atoms with E-state index in [1.165, 1.54) is 23.8 Å². The molecular formula is C22H24FN5OS. The van der Waals surface area contributed by atoms with Crippen LogP contribution in [0.1, 0.15) is 58.6 Å². The van der Waals surface area contributed by atoms with Gasteiger partial charge in [0, 0.05) is 16.4 Å². The fraction of sp³-hybridized carbons (Fsp3) is 0.455. The predicted octanol–water partition coefficient (Wildman–Crippen LogP) is 4.36. The highest BCUT2D eigenvalue weighted by molar-refractivity contribution is 7.11. The van der Waals surface area contributed by atoms with E-state index in [-0.39, 0.29) is 18.3 Å². The summed E-state index contributed by atoms with van der Waals surface area (Å²) in [5.41, 5.74) is 2.36. The Morgan fingerprint density at radius 2 is 2.00 bits per heavy atom. The van der Waals surface area contributed by atoms with Gasteiger partial charge < -0.3 is 4.90 Å². The average Bonchev–Trinajstić information content (AvgIpc) is 3.46. The minimum atomic E-state index is -0.241. The topological polar surface area (TPSA) is 63.9 Å². The molecule has 6 nitrogen and oxygen atoms in total. The fourth-order valence-corrected chi connectivity index (χ4v) is 5.40. The normalized spacial score (nSPS) is 16.4. The molecule has 0 unspecified atom stereocenters. The van der Waals surface area contributed by atoms with Crippen molar-refractivity contribution in [3.63, 3.8) is 0 Å². The Labute approximate surface area is 178 Å². The molecule has 1 amide bonds. The summed E-state index contributed by atoms with van der Waals surface area (Å²) in [7, 11) is 0. The maximum Gasteiger partial charge on any atom is 0.245 e. The van der Waals surface area contributed by atoms with Crippen LogP contribution in [0.15, 0.2) is 18.2 Å². The van der Waals surface area contributed by atoms with E-state index in [0.29, 0.717) is 30.4 Å². The predicted molar refractivity (Wildman–Crippen MR) is 112 cm³/mol. The zero-order valence-corrected chi connectivity index (χ0v) is 18.0. The molecule has 0 atom stereocenters. The van der Waals surface area contributed by atoms with Crippen LogP contribution in [0.2, 0.25) is 0 Å². The van der Waals surface area contributed by atoms with E-state index >= 15 is 0 Å². The smallest absolute Gasteiger partial charge is 0.245 e. The van der Waals surface area contributed by atoms with Crippen molar-refractivity contribution in [1.29, 1.82) is 0 Å². The molecule has 0 radical (unpaired) electrons. The first-order valence-corrected chi connectivity index (χ1v) is 11.2. The minimum absolute atomic E-state index is 0.0313. The Hall–Kier alpha value is -2.61. The van der Waals surface area contributed by atoms with E-state index in [0.717, 1.165) is 34.9 Å². The molecule has 8 heteroatoms. The maximum atomic E-state index is 13.7. The van der Waals surface area contributed by atoms with Crippen LogP contribution in [0.5, 0.6) is 0 Å². The Balaban J connectivity index is 1.41. The molecule has 1 aromatic carbocycles. The lowest BCUT2D eigenvalue weighted by atomic mass is 10.1. The van der Waals surface area contributed by atoms with Gasteiger partial charge in [0.25, 0.3) is 0 Å². The second-order valence-electron chi connectivity index (χ2n) is 8.25. The number of benzene rings is 1. The summed E-state index contributed by atoms with van der Waals surface area (Å²) in [6, 6.07) is 4.92. The van der Waals surface area contributed by atoms with Crippen LogP contribution in [-0.4, -0.2) is 30.6 Å². The molecule has 2 aromatic heterocycles. The van der Waals surface area contributed by atoms with Gasteiger partial charge in [0.15, 0.2) is 5.82 Å². The van der Waals surface area contributed by atoms with Crippen molar-refractivity contribution in [2.75, 3.05) is 0 Å². The Bertz CT molecular complexity index is 1090. The lowest BCUT2D eigenvalue weighted by molar-refractivity contribution is -0.132. The van der Waals surface area contributed by atoms with Gasteiger partial charge in [-0.3, -0.25) is 4.79 Å². The van der Waals surface area contributed by atoms with Gasteiger partial charge in [0.1, 0.15) is 18.2 Å². The summed E-state index contributed by atoms with van der Waals surface area (Å²) in [4.78, 5) is 25.4. The molecule has 3 aromatic rings. The third kappa shape index (κ3) is 3.53. The van der Waals surface area contributed by atoms with Crippen molar-refractivity contribution >= 4 is 17.2 Å². The number of carbonyl (C=O) groups excluding carboxylic acids is 1.